The highest BCUT2D eigenvalue weighted by Crippen LogP contribution is 2.29. The minimum absolute atomic E-state index is 0.291. The number of H-pyrrole nitrogens is 1. The van der Waals surface area contributed by atoms with Crippen LogP contribution in [-0.2, 0) is 6.54 Å². The average Bonchev–Trinajstić information content (AvgIpc) is 3.15. The average molecular weight is 394 g/mol. The lowest BCUT2D eigenvalue weighted by molar-refractivity contribution is 0.332. The number of ether oxygens (including phenoxy) is 2. The fraction of sp³-hybridized carbons (Fsp3) is 0.286. The van der Waals surface area contributed by atoms with E-state index < -0.39 is 0 Å². The molecule has 0 saturated heterocycles. The quantitative estimate of drug-likeness (QED) is 0.398. The van der Waals surface area contributed by atoms with Crippen LogP contribution in [0.15, 0.2) is 47.5 Å². The van der Waals surface area contributed by atoms with Crippen molar-refractivity contribution in [3.05, 3.63) is 53.9 Å². The molecule has 0 radical (unpaired) electrons. The minimum atomic E-state index is 0.291. The summed E-state index contributed by atoms with van der Waals surface area (Å²) in [6, 6.07) is 13.5. The maximum Gasteiger partial charge on any atom is 0.193 e. The van der Waals surface area contributed by atoms with Crippen LogP contribution in [0.5, 0.6) is 11.5 Å². The molecule has 0 aliphatic rings. The predicted octanol–water partition coefficient (Wildman–Crippen LogP) is 3.50. The second-order valence-corrected chi connectivity index (χ2v) is 6.30. The number of benzene rings is 2. The highest BCUT2D eigenvalue weighted by molar-refractivity contribution is 5.94. The van der Waals surface area contributed by atoms with Gasteiger partial charge in [0.1, 0.15) is 17.3 Å². The number of rotatable bonds is 8. The second kappa shape index (κ2) is 9.59. The van der Waals surface area contributed by atoms with Gasteiger partial charge in [-0.15, -0.1) is 0 Å². The van der Waals surface area contributed by atoms with E-state index in [0.29, 0.717) is 43.0 Å². The van der Waals surface area contributed by atoms with E-state index >= 15 is 0 Å². The van der Waals surface area contributed by atoms with E-state index in [-0.39, 0.29) is 0 Å². The maximum atomic E-state index is 6.11. The molecular weight excluding hydrogens is 368 g/mol. The Morgan fingerprint density at radius 2 is 1.97 bits per heavy atom. The van der Waals surface area contributed by atoms with Gasteiger partial charge in [0.05, 0.1) is 25.4 Å². The number of guanidine groups is 1. The molecule has 0 aliphatic heterocycles. The fourth-order valence-electron chi connectivity index (χ4n) is 2.78. The molecule has 152 valence electrons. The van der Waals surface area contributed by atoms with E-state index in [1.807, 2.05) is 63.2 Å². The lowest BCUT2D eigenvalue weighted by atomic mass is 10.1. The van der Waals surface area contributed by atoms with Crippen molar-refractivity contribution in [2.75, 3.05) is 18.5 Å². The Morgan fingerprint density at radius 3 is 2.69 bits per heavy atom. The molecule has 1 aromatic heterocycles. The Labute approximate surface area is 170 Å². The van der Waals surface area contributed by atoms with Gasteiger partial charge in [-0.25, -0.2) is 9.98 Å². The third-order valence-corrected chi connectivity index (χ3v) is 4.04. The lowest BCUT2D eigenvalue weighted by Gasteiger charge is -2.14. The van der Waals surface area contributed by atoms with Crippen molar-refractivity contribution in [1.82, 2.24) is 15.2 Å². The Morgan fingerprint density at radius 1 is 1.14 bits per heavy atom. The topological polar surface area (TPSA) is 110 Å². The number of hydrogen-bond donors (Lipinski definition) is 3. The number of hydrogen-bond acceptors (Lipinski definition) is 5. The van der Waals surface area contributed by atoms with Gasteiger partial charge < -0.3 is 20.5 Å². The Balaban J connectivity index is 1.73. The third-order valence-electron chi connectivity index (χ3n) is 4.04. The Bertz CT molecular complexity index is 983. The van der Waals surface area contributed by atoms with E-state index in [4.69, 9.17) is 15.2 Å². The standard InChI is InChI=1S/C21H26N6O2/c1-4-28-17-9-10-19(29-5-2)18(12-17)25-21(22)23-13-15-7-6-8-16(11-15)20-24-14(3)26-27-20/h6-12H,4-5,13H2,1-3H3,(H3,22,23,25)(H,24,26,27). The largest absolute Gasteiger partial charge is 0.494 e. The van der Waals surface area contributed by atoms with Crippen molar-refractivity contribution in [1.29, 1.82) is 0 Å². The molecule has 0 amide bonds. The molecule has 0 atom stereocenters. The predicted molar refractivity (Wildman–Crippen MR) is 114 cm³/mol. The summed E-state index contributed by atoms with van der Waals surface area (Å²) in [6.45, 7) is 7.29. The molecule has 0 aliphatic carbocycles. The fourth-order valence-corrected chi connectivity index (χ4v) is 2.78. The SMILES string of the molecule is CCOc1ccc(OCC)c(NC(N)=NCc2cccc(-c3n[nH]c(C)n3)c2)c1. The first-order chi connectivity index (χ1) is 14.1. The molecule has 0 saturated carbocycles. The summed E-state index contributed by atoms with van der Waals surface area (Å²) < 4.78 is 11.2. The van der Waals surface area contributed by atoms with Gasteiger partial charge in [0.2, 0.25) is 0 Å². The molecule has 8 heteroatoms. The first-order valence-electron chi connectivity index (χ1n) is 9.54. The zero-order valence-electron chi connectivity index (χ0n) is 16.9. The highest BCUT2D eigenvalue weighted by atomic mass is 16.5. The van der Waals surface area contributed by atoms with Crippen LogP contribution < -0.4 is 20.5 Å². The second-order valence-electron chi connectivity index (χ2n) is 6.30. The van der Waals surface area contributed by atoms with Crippen LogP contribution in [0.4, 0.5) is 5.69 Å². The van der Waals surface area contributed by atoms with Gasteiger partial charge in [0.25, 0.3) is 0 Å². The summed E-state index contributed by atoms with van der Waals surface area (Å²) in [6.07, 6.45) is 0. The Kier molecular flexibility index (Phi) is 6.67. The van der Waals surface area contributed by atoms with Gasteiger partial charge in [-0.2, -0.15) is 5.10 Å². The highest BCUT2D eigenvalue weighted by Gasteiger charge is 2.08. The maximum absolute atomic E-state index is 6.11. The molecule has 1 heterocycles. The minimum Gasteiger partial charge on any atom is -0.494 e. The molecule has 3 aromatic rings. The molecule has 8 nitrogen and oxygen atoms in total. The molecule has 4 N–H and O–H groups in total. The number of aliphatic imine (C=N–C) groups is 1. The summed E-state index contributed by atoms with van der Waals surface area (Å²) >= 11 is 0. The van der Waals surface area contributed by atoms with Crippen molar-refractivity contribution in [2.24, 2.45) is 10.7 Å². The van der Waals surface area contributed by atoms with Crippen LogP contribution in [0, 0.1) is 6.92 Å². The normalized spacial score (nSPS) is 11.3. The van der Waals surface area contributed by atoms with Gasteiger partial charge in [0.15, 0.2) is 11.8 Å². The number of nitrogens with zero attached hydrogens (tertiary/aromatic N) is 3. The lowest BCUT2D eigenvalue weighted by Crippen LogP contribution is -2.23. The zero-order chi connectivity index (χ0) is 20.6. The molecule has 0 spiro atoms. The third kappa shape index (κ3) is 5.47. The van der Waals surface area contributed by atoms with E-state index in [1.165, 1.54) is 0 Å². The first kappa shape index (κ1) is 20.2. The van der Waals surface area contributed by atoms with Crippen molar-refractivity contribution in [3.63, 3.8) is 0 Å². The van der Waals surface area contributed by atoms with Crippen molar-refractivity contribution in [3.8, 4) is 22.9 Å². The number of anilines is 1. The van der Waals surface area contributed by atoms with E-state index in [0.717, 1.165) is 22.7 Å². The molecule has 3 rings (SSSR count). The first-order valence-corrected chi connectivity index (χ1v) is 9.54. The molecule has 2 aromatic carbocycles. The number of nitrogens with two attached hydrogens (primary N) is 1. The van der Waals surface area contributed by atoms with E-state index in [2.05, 4.69) is 25.5 Å². The van der Waals surface area contributed by atoms with E-state index in [9.17, 15) is 0 Å². The summed E-state index contributed by atoms with van der Waals surface area (Å²) in [4.78, 5) is 8.80. The van der Waals surface area contributed by atoms with Gasteiger partial charge in [-0.1, -0.05) is 18.2 Å². The van der Waals surface area contributed by atoms with Gasteiger partial charge in [0, 0.05) is 11.6 Å². The molecule has 0 unspecified atom stereocenters. The van der Waals surface area contributed by atoms with Crippen molar-refractivity contribution >= 4 is 11.6 Å². The summed E-state index contributed by atoms with van der Waals surface area (Å²) in [5.41, 5.74) is 8.75. The monoisotopic (exact) mass is 394 g/mol. The smallest absolute Gasteiger partial charge is 0.193 e. The van der Waals surface area contributed by atoms with Crippen LogP contribution in [0.25, 0.3) is 11.4 Å². The summed E-state index contributed by atoms with van der Waals surface area (Å²) in [5.74, 6) is 3.15. The van der Waals surface area contributed by atoms with Crippen LogP contribution in [0.2, 0.25) is 0 Å². The molecule has 0 bridgehead atoms. The number of aromatic amines is 1. The van der Waals surface area contributed by atoms with E-state index in [1.54, 1.807) is 0 Å². The molecule has 29 heavy (non-hydrogen) atoms. The van der Waals surface area contributed by atoms with Gasteiger partial charge >= 0.3 is 0 Å². The zero-order valence-corrected chi connectivity index (χ0v) is 16.9. The van der Waals surface area contributed by atoms with Crippen LogP contribution in [-0.4, -0.2) is 34.4 Å². The van der Waals surface area contributed by atoms with Crippen molar-refractivity contribution in [2.45, 2.75) is 27.3 Å². The molecule has 0 fully saturated rings. The summed E-state index contributed by atoms with van der Waals surface area (Å²) in [5, 5.41) is 10.2. The number of nitrogens with one attached hydrogen (secondary N) is 2. The van der Waals surface area contributed by atoms with Gasteiger partial charge in [-0.05, 0) is 44.5 Å². The van der Waals surface area contributed by atoms with Crippen LogP contribution in [0.1, 0.15) is 25.2 Å². The van der Waals surface area contributed by atoms with Crippen LogP contribution in [0.3, 0.4) is 0 Å². The van der Waals surface area contributed by atoms with Gasteiger partial charge in [-0.3, -0.25) is 5.10 Å². The van der Waals surface area contributed by atoms with Crippen molar-refractivity contribution < 1.29 is 9.47 Å². The Hall–Kier alpha value is -3.55. The number of aryl methyl sites for hydroxylation is 1. The molecular formula is C21H26N6O2. The van der Waals surface area contributed by atoms with Crippen LogP contribution >= 0.6 is 0 Å². The summed E-state index contributed by atoms with van der Waals surface area (Å²) in [7, 11) is 0. The number of aromatic nitrogens is 3.